The summed E-state index contributed by atoms with van der Waals surface area (Å²) in [6, 6.07) is 0. The summed E-state index contributed by atoms with van der Waals surface area (Å²) < 4.78 is 0. The van der Waals surface area contributed by atoms with Crippen LogP contribution in [0.15, 0.2) is 0 Å². The van der Waals surface area contributed by atoms with Crippen LogP contribution >= 0.6 is 0 Å². The molecular formula is Cr4K4O14. The van der Waals surface area contributed by atoms with Crippen molar-refractivity contribution in [1.82, 2.24) is 0 Å². The van der Waals surface area contributed by atoms with Gasteiger partial charge in [-0.1, -0.05) is 0 Å². The molecule has 0 aliphatic carbocycles. The van der Waals surface area contributed by atoms with Crippen molar-refractivity contribution in [3.63, 3.8) is 0 Å². The van der Waals surface area contributed by atoms with E-state index in [1.54, 1.807) is 0 Å². The van der Waals surface area contributed by atoms with Crippen molar-refractivity contribution >= 4 is 0 Å². The molecule has 0 fully saturated rings. The Morgan fingerprint density at radius 2 is 0.136 bits per heavy atom. The smallest absolute Gasteiger partial charge is 2.00 e. The number of hydrogen-bond acceptors (Lipinski definition) is 0. The third kappa shape index (κ3) is 314. The average molecular weight is 588 g/mol. The van der Waals surface area contributed by atoms with Gasteiger partial charge in [0.2, 0.25) is 0 Å². The molecule has 0 bridgehead atoms. The maximum absolute atomic E-state index is 0. The van der Waals surface area contributed by atoms with Crippen molar-refractivity contribution in [3.05, 3.63) is 0 Å². The van der Waals surface area contributed by atoms with E-state index in [1.807, 2.05) is 0 Å². The standard InChI is InChI=1S/4Cr.4K.14O/q4*+6;4*+1;14*-2. The first-order chi connectivity index (χ1) is 0. The Balaban J connectivity index is 0. The quantitative estimate of drug-likeness (QED) is 0.238. The fraction of sp³-hybridized carbons (Fsp3) is 0. The van der Waals surface area contributed by atoms with Gasteiger partial charge in [0.1, 0.15) is 0 Å². The topological polar surface area (TPSA) is 399 Å². The molecule has 112 valence electrons. The molecule has 0 saturated heterocycles. The second-order valence-electron chi connectivity index (χ2n) is 0. The van der Waals surface area contributed by atoms with Crippen LogP contribution < -0.4 is 206 Å². The summed E-state index contributed by atoms with van der Waals surface area (Å²) in [5, 5.41) is 0. The van der Waals surface area contributed by atoms with Crippen molar-refractivity contribution in [3.8, 4) is 0 Å². The molecule has 0 aliphatic heterocycles. The summed E-state index contributed by atoms with van der Waals surface area (Å²) >= 11 is 0. The van der Waals surface area contributed by atoms with Gasteiger partial charge in [-0.2, -0.15) is 0 Å². The Morgan fingerprint density at radius 1 is 0.136 bits per heavy atom. The minimum absolute atomic E-state index is 0. The van der Waals surface area contributed by atoms with Crippen LogP contribution in [0.3, 0.4) is 0 Å². The predicted octanol–water partition coefficient (Wildman–Crippen LogP) is -13.7. The van der Waals surface area contributed by atoms with Crippen LogP contribution in [0.5, 0.6) is 0 Å². The maximum Gasteiger partial charge on any atom is 6.00 e. The molecule has 0 radical (unpaired) electrons. The Hall–Kier alpha value is 8.12. The van der Waals surface area contributed by atoms with Crippen LogP contribution in [0.1, 0.15) is 0 Å². The van der Waals surface area contributed by atoms with E-state index in [2.05, 4.69) is 0 Å². The van der Waals surface area contributed by atoms with E-state index in [0.29, 0.717) is 0 Å². The molecule has 0 aromatic heterocycles. The van der Waals surface area contributed by atoms with Crippen LogP contribution in [0.4, 0.5) is 0 Å². The molecule has 0 spiro atoms. The van der Waals surface area contributed by atoms with Gasteiger partial charge in [0.15, 0.2) is 0 Å². The predicted molar refractivity (Wildman–Crippen MR) is 9.61 cm³/mol. The SMILES string of the molecule is [Cr+6].[Cr+6].[Cr+6].[Cr+6].[K+].[K+].[K+].[K+].[O-2].[O-2].[O-2].[O-2].[O-2].[O-2].[O-2].[O-2].[O-2].[O-2].[O-2].[O-2].[O-2].[O-2]. The van der Waals surface area contributed by atoms with Gasteiger partial charge in [0.25, 0.3) is 0 Å². The summed E-state index contributed by atoms with van der Waals surface area (Å²) in [6.45, 7) is 0. The summed E-state index contributed by atoms with van der Waals surface area (Å²) in [4.78, 5) is 0. The minimum atomic E-state index is 0. The Morgan fingerprint density at radius 3 is 0.136 bits per heavy atom. The van der Waals surface area contributed by atoms with Gasteiger partial charge < -0.3 is 76.7 Å². The third-order valence-corrected chi connectivity index (χ3v) is 0. The van der Waals surface area contributed by atoms with E-state index < -0.39 is 0 Å². The van der Waals surface area contributed by atoms with E-state index in [9.17, 15) is 0 Å². The molecule has 0 aromatic rings. The molecule has 0 heterocycles. The van der Waals surface area contributed by atoms with Gasteiger partial charge in [0, 0.05) is 0 Å². The Bertz CT molecular complexity index is 28.8. The molecule has 22 heteroatoms. The normalized spacial score (nSPS) is 0. The molecular weight excluding hydrogens is 588 g/mol. The van der Waals surface area contributed by atoms with Crippen LogP contribution in [-0.2, 0) is 146 Å². The molecule has 0 N–H and O–H groups in total. The summed E-state index contributed by atoms with van der Waals surface area (Å²) in [6.07, 6.45) is 0. The first kappa shape index (κ1) is 388. The second-order valence-corrected chi connectivity index (χ2v) is 0. The summed E-state index contributed by atoms with van der Waals surface area (Å²) in [5.41, 5.74) is 0. The molecule has 22 heavy (non-hydrogen) atoms. The fourth-order valence-electron chi connectivity index (χ4n) is 0. The van der Waals surface area contributed by atoms with Gasteiger partial charge in [-0.25, -0.2) is 0 Å². The molecule has 0 unspecified atom stereocenters. The second kappa shape index (κ2) is 349. The molecule has 0 rings (SSSR count). The first-order valence-corrected chi connectivity index (χ1v) is 0. The Kier molecular flexibility index (Phi) is 6160. The van der Waals surface area contributed by atoms with E-state index in [1.165, 1.54) is 0 Å². The molecule has 0 amide bonds. The fourth-order valence-corrected chi connectivity index (χ4v) is 0. The zero-order valence-corrected chi connectivity index (χ0v) is 28.9. The van der Waals surface area contributed by atoms with Crippen LogP contribution in [0.25, 0.3) is 0 Å². The summed E-state index contributed by atoms with van der Waals surface area (Å²) in [5.74, 6) is 0. The Labute approximate surface area is 341 Å². The van der Waals surface area contributed by atoms with E-state index >= 15 is 0 Å². The van der Waals surface area contributed by atoms with Gasteiger partial charge in [0.05, 0.1) is 0 Å². The van der Waals surface area contributed by atoms with E-state index in [0.717, 1.165) is 0 Å². The average Bonchev–Trinajstić information content (AvgIpc) is 0. The number of hydrogen-bond donors (Lipinski definition) is 0. The van der Waals surface area contributed by atoms with Crippen molar-refractivity contribution in [2.24, 2.45) is 0 Å². The van der Waals surface area contributed by atoms with Crippen molar-refractivity contribution < 1.29 is 352 Å². The van der Waals surface area contributed by atoms with Gasteiger partial charge in [-0.3, -0.25) is 0 Å². The minimum Gasteiger partial charge on any atom is -2.00 e. The molecule has 0 atom stereocenters. The zero-order chi connectivity index (χ0) is 0. The molecule has 0 aromatic carbocycles. The van der Waals surface area contributed by atoms with Gasteiger partial charge in [-0.05, 0) is 0 Å². The zero-order valence-electron chi connectivity index (χ0n) is 11.3. The van der Waals surface area contributed by atoms with Crippen molar-refractivity contribution in [2.45, 2.75) is 0 Å². The van der Waals surface area contributed by atoms with Crippen molar-refractivity contribution in [1.29, 1.82) is 0 Å². The van der Waals surface area contributed by atoms with Crippen LogP contribution in [-0.4, -0.2) is 0 Å². The van der Waals surface area contributed by atoms with E-state index in [-0.39, 0.29) is 352 Å². The van der Waals surface area contributed by atoms with Gasteiger partial charge >= 0.3 is 275 Å². The largest absolute Gasteiger partial charge is 6.00 e. The van der Waals surface area contributed by atoms with E-state index in [4.69, 9.17) is 0 Å². The number of rotatable bonds is 0. The van der Waals surface area contributed by atoms with Crippen LogP contribution in [0.2, 0.25) is 0 Å². The summed E-state index contributed by atoms with van der Waals surface area (Å²) in [7, 11) is 0. The first-order valence-electron chi connectivity index (χ1n) is 0. The van der Waals surface area contributed by atoms with Gasteiger partial charge in [-0.15, -0.1) is 0 Å². The molecule has 0 aliphatic rings. The third-order valence-electron chi connectivity index (χ3n) is 0. The van der Waals surface area contributed by atoms with Crippen LogP contribution in [0, 0.1) is 0 Å². The van der Waals surface area contributed by atoms with Crippen molar-refractivity contribution in [2.75, 3.05) is 0 Å². The molecule has 14 nitrogen and oxygen atoms in total. The monoisotopic (exact) mass is 588 g/mol. The maximum atomic E-state index is 0. The molecule has 0 saturated carbocycles.